The van der Waals surface area contributed by atoms with Crippen molar-refractivity contribution in [1.82, 2.24) is 4.90 Å². The molecule has 1 N–H and O–H groups in total. The van der Waals surface area contributed by atoms with E-state index in [1.165, 1.54) is 4.90 Å². The largest absolute Gasteiger partial charge is 0.507 e. The van der Waals surface area contributed by atoms with Crippen molar-refractivity contribution in [3.05, 3.63) is 101 Å². The number of rotatable bonds is 10. The Hall–Kier alpha value is -4.10. The van der Waals surface area contributed by atoms with E-state index in [0.717, 1.165) is 22.4 Å². The zero-order chi connectivity index (χ0) is 27.2. The van der Waals surface area contributed by atoms with Gasteiger partial charge in [0.25, 0.3) is 11.7 Å². The molecule has 7 heteroatoms. The third kappa shape index (κ3) is 5.89. The molecule has 1 saturated heterocycles. The van der Waals surface area contributed by atoms with E-state index in [0.29, 0.717) is 37.5 Å². The van der Waals surface area contributed by atoms with E-state index in [9.17, 15) is 14.7 Å². The lowest BCUT2D eigenvalue weighted by Gasteiger charge is -2.26. The Balaban J connectivity index is 1.64. The number of carbonyl (C=O) groups excluding carboxylic acids is 2. The van der Waals surface area contributed by atoms with Gasteiger partial charge in [-0.05, 0) is 60.9 Å². The fourth-order valence-electron chi connectivity index (χ4n) is 4.62. The molecule has 1 heterocycles. The monoisotopic (exact) mass is 514 g/mol. The molecule has 1 aliphatic rings. The molecular formula is C31H34N2O5. The first-order valence-corrected chi connectivity index (χ1v) is 12.6. The topological polar surface area (TPSA) is 79.3 Å². The van der Waals surface area contributed by atoms with Gasteiger partial charge in [-0.3, -0.25) is 9.59 Å². The van der Waals surface area contributed by atoms with E-state index in [2.05, 4.69) is 6.07 Å². The van der Waals surface area contributed by atoms with Gasteiger partial charge in [-0.15, -0.1) is 0 Å². The fourth-order valence-corrected chi connectivity index (χ4v) is 4.62. The number of aliphatic hydroxyl groups excluding tert-OH is 1. The number of ketones is 1. The summed E-state index contributed by atoms with van der Waals surface area (Å²) < 4.78 is 11.0. The molecule has 1 aliphatic heterocycles. The van der Waals surface area contributed by atoms with Gasteiger partial charge in [0, 0.05) is 45.6 Å². The van der Waals surface area contributed by atoms with Crippen LogP contribution in [0.2, 0.25) is 0 Å². The smallest absolute Gasteiger partial charge is 0.295 e. The lowest BCUT2D eigenvalue weighted by Crippen LogP contribution is -2.31. The predicted molar refractivity (Wildman–Crippen MR) is 148 cm³/mol. The number of methoxy groups -OCH3 is 1. The van der Waals surface area contributed by atoms with Crippen molar-refractivity contribution in [1.29, 1.82) is 0 Å². The molecule has 0 saturated carbocycles. The number of aryl methyl sites for hydroxylation is 1. The van der Waals surface area contributed by atoms with E-state index >= 15 is 0 Å². The molecule has 1 unspecified atom stereocenters. The van der Waals surface area contributed by atoms with E-state index < -0.39 is 17.7 Å². The number of amides is 1. The van der Waals surface area contributed by atoms with Crippen molar-refractivity contribution < 1.29 is 24.2 Å². The summed E-state index contributed by atoms with van der Waals surface area (Å²) >= 11 is 0. The number of aliphatic hydroxyl groups is 1. The number of nitrogens with zero attached hydrogens (tertiary/aromatic N) is 2. The highest BCUT2D eigenvalue weighted by molar-refractivity contribution is 6.46. The molecule has 1 fully saturated rings. The summed E-state index contributed by atoms with van der Waals surface area (Å²) in [5.41, 5.74) is 4.50. The van der Waals surface area contributed by atoms with Gasteiger partial charge in [-0.25, -0.2) is 0 Å². The van der Waals surface area contributed by atoms with Crippen LogP contribution in [0.1, 0.15) is 34.7 Å². The van der Waals surface area contributed by atoms with Crippen molar-refractivity contribution in [3.8, 4) is 5.75 Å². The molecule has 0 spiro atoms. The predicted octanol–water partition coefficient (Wildman–Crippen LogP) is 5.10. The molecule has 1 atom stereocenters. The molecule has 38 heavy (non-hydrogen) atoms. The van der Waals surface area contributed by atoms with Gasteiger partial charge in [0.15, 0.2) is 0 Å². The maximum atomic E-state index is 13.2. The molecule has 0 aliphatic carbocycles. The minimum atomic E-state index is -0.694. The van der Waals surface area contributed by atoms with Crippen LogP contribution in [0.4, 0.5) is 5.69 Å². The molecular weight excluding hydrogens is 480 g/mol. The molecule has 0 bridgehead atoms. The number of anilines is 1. The highest BCUT2D eigenvalue weighted by Gasteiger charge is 2.45. The van der Waals surface area contributed by atoms with E-state index in [4.69, 9.17) is 9.47 Å². The second-order valence-electron chi connectivity index (χ2n) is 9.63. The van der Waals surface area contributed by atoms with Gasteiger partial charge in [0.1, 0.15) is 18.1 Å². The Labute approximate surface area is 223 Å². The first-order chi connectivity index (χ1) is 18.3. The van der Waals surface area contributed by atoms with E-state index in [1.54, 1.807) is 31.4 Å². The van der Waals surface area contributed by atoms with Crippen LogP contribution in [0.15, 0.2) is 78.4 Å². The molecule has 0 radical (unpaired) electrons. The van der Waals surface area contributed by atoms with Crippen LogP contribution in [0.3, 0.4) is 0 Å². The Morgan fingerprint density at radius 3 is 2.34 bits per heavy atom. The Morgan fingerprint density at radius 1 is 1.00 bits per heavy atom. The summed E-state index contributed by atoms with van der Waals surface area (Å²) in [6, 6.07) is 22.0. The number of Topliss-reactive ketones (excluding diaryl/α,β-unsaturated/α-hetero) is 1. The Bertz CT molecular complexity index is 1310. The van der Waals surface area contributed by atoms with Gasteiger partial charge < -0.3 is 24.4 Å². The summed E-state index contributed by atoms with van der Waals surface area (Å²) in [7, 11) is 5.49. The lowest BCUT2D eigenvalue weighted by molar-refractivity contribution is -0.140. The number of carbonyl (C=O) groups is 2. The Kier molecular flexibility index (Phi) is 8.48. The quantitative estimate of drug-likeness (QED) is 0.176. The third-order valence-electron chi connectivity index (χ3n) is 6.63. The average Bonchev–Trinajstić information content (AvgIpc) is 3.17. The van der Waals surface area contributed by atoms with Crippen molar-refractivity contribution in [3.63, 3.8) is 0 Å². The molecule has 1 amide bonds. The van der Waals surface area contributed by atoms with E-state index in [1.807, 2.05) is 68.4 Å². The molecule has 3 aromatic carbocycles. The van der Waals surface area contributed by atoms with Crippen LogP contribution >= 0.6 is 0 Å². The maximum absolute atomic E-state index is 13.2. The fraction of sp³-hybridized carbons (Fsp3) is 0.290. The first kappa shape index (κ1) is 26.9. The minimum Gasteiger partial charge on any atom is -0.507 e. The lowest BCUT2D eigenvalue weighted by atomic mass is 9.95. The summed E-state index contributed by atoms with van der Waals surface area (Å²) in [4.78, 5) is 29.8. The van der Waals surface area contributed by atoms with Crippen LogP contribution < -0.4 is 9.64 Å². The average molecular weight is 515 g/mol. The van der Waals surface area contributed by atoms with Crippen LogP contribution in [0, 0.1) is 6.92 Å². The van der Waals surface area contributed by atoms with Crippen molar-refractivity contribution >= 4 is 23.1 Å². The highest BCUT2D eigenvalue weighted by atomic mass is 16.5. The molecule has 4 rings (SSSR count). The second-order valence-corrected chi connectivity index (χ2v) is 9.63. The zero-order valence-electron chi connectivity index (χ0n) is 22.3. The summed E-state index contributed by atoms with van der Waals surface area (Å²) in [5, 5.41) is 11.3. The first-order valence-electron chi connectivity index (χ1n) is 12.6. The van der Waals surface area contributed by atoms with Gasteiger partial charge >= 0.3 is 0 Å². The second kappa shape index (κ2) is 12.0. The summed E-state index contributed by atoms with van der Waals surface area (Å²) in [5.74, 6) is -0.882. The van der Waals surface area contributed by atoms with Gasteiger partial charge in [-0.1, -0.05) is 42.0 Å². The van der Waals surface area contributed by atoms with Crippen molar-refractivity contribution in [2.24, 2.45) is 0 Å². The molecule has 7 nitrogen and oxygen atoms in total. The van der Waals surface area contributed by atoms with Gasteiger partial charge in [0.2, 0.25) is 0 Å². The summed E-state index contributed by atoms with van der Waals surface area (Å²) in [6.45, 7) is 3.25. The molecule has 3 aromatic rings. The van der Waals surface area contributed by atoms with Gasteiger partial charge in [0.05, 0.1) is 11.6 Å². The van der Waals surface area contributed by atoms with E-state index in [-0.39, 0.29) is 11.3 Å². The minimum absolute atomic E-state index is 0.0819. The number of ether oxygens (including phenoxy) is 2. The standard InChI is InChI=1S/C31H34N2O5/c1-21-7-5-8-22(19-21)20-38-26-15-11-24(12-16-26)29(34)27-28(23-9-13-25(14-10-23)32(2)3)33(17-6-18-37-4)31(36)30(27)35/h5,7-16,19,28,34H,6,17-18,20H2,1-4H3. The number of hydrogen-bond acceptors (Lipinski definition) is 6. The number of likely N-dealkylation sites (tertiary alicyclic amines) is 1. The van der Waals surface area contributed by atoms with Crippen LogP contribution in [-0.2, 0) is 20.9 Å². The normalized spacial score (nSPS) is 16.6. The van der Waals surface area contributed by atoms with Crippen LogP contribution in [-0.4, -0.2) is 56.1 Å². The number of hydrogen-bond donors (Lipinski definition) is 1. The molecule has 198 valence electrons. The maximum Gasteiger partial charge on any atom is 0.295 e. The number of benzene rings is 3. The third-order valence-corrected chi connectivity index (χ3v) is 6.63. The SMILES string of the molecule is COCCCN1C(=O)C(=O)C(=C(O)c2ccc(OCc3cccc(C)c3)cc2)C1c1ccc(N(C)C)cc1. The molecule has 0 aromatic heterocycles. The van der Waals surface area contributed by atoms with Crippen molar-refractivity contribution in [2.45, 2.75) is 26.0 Å². The highest BCUT2D eigenvalue weighted by Crippen LogP contribution is 2.40. The van der Waals surface area contributed by atoms with Crippen molar-refractivity contribution in [2.75, 3.05) is 39.3 Å². The Morgan fingerprint density at radius 2 is 1.71 bits per heavy atom. The van der Waals surface area contributed by atoms with Crippen LogP contribution in [0.5, 0.6) is 5.75 Å². The van der Waals surface area contributed by atoms with Gasteiger partial charge in [-0.2, -0.15) is 0 Å². The zero-order valence-corrected chi connectivity index (χ0v) is 22.3. The van der Waals surface area contributed by atoms with Crippen LogP contribution in [0.25, 0.3) is 5.76 Å². The summed E-state index contributed by atoms with van der Waals surface area (Å²) in [6.07, 6.45) is 0.572.